The number of nitrogens with one attached hydrogen (secondary N) is 3. The quantitative estimate of drug-likeness (QED) is 0.235. The molecular formula is C22H19F3N5O4P. The van der Waals surface area contributed by atoms with Crippen LogP contribution < -0.4 is 16.1 Å². The van der Waals surface area contributed by atoms with E-state index in [-0.39, 0.29) is 22.5 Å². The molecule has 182 valence electrons. The van der Waals surface area contributed by atoms with Crippen LogP contribution in [0.15, 0.2) is 59.7 Å². The van der Waals surface area contributed by atoms with Gasteiger partial charge < -0.3 is 25.4 Å². The minimum Gasteiger partial charge on any atom is -0.361 e. The molecule has 0 atom stereocenters. The van der Waals surface area contributed by atoms with Gasteiger partial charge in [0, 0.05) is 23.6 Å². The highest BCUT2D eigenvalue weighted by Crippen LogP contribution is 2.39. The van der Waals surface area contributed by atoms with Crippen molar-refractivity contribution in [3.05, 3.63) is 81.8 Å². The number of pyridine rings is 1. The summed E-state index contributed by atoms with van der Waals surface area (Å²) >= 11 is 0. The molecule has 5 N–H and O–H groups in total. The Kier molecular flexibility index (Phi) is 6.37. The van der Waals surface area contributed by atoms with Crippen LogP contribution in [-0.4, -0.2) is 24.7 Å². The summed E-state index contributed by atoms with van der Waals surface area (Å²) in [7, 11) is -4.24. The predicted octanol–water partition coefficient (Wildman–Crippen LogP) is 4.81. The number of H-pyrrole nitrogens is 1. The first kappa shape index (κ1) is 24.4. The Morgan fingerprint density at radius 3 is 2.46 bits per heavy atom. The molecule has 13 heteroatoms. The number of nitrogens with zero attached hydrogens (tertiary/aromatic N) is 2. The highest BCUT2D eigenvalue weighted by atomic mass is 31.2. The Labute approximate surface area is 196 Å². The van der Waals surface area contributed by atoms with Crippen LogP contribution in [0.5, 0.6) is 0 Å². The van der Waals surface area contributed by atoms with Gasteiger partial charge in [0.15, 0.2) is 5.43 Å². The second kappa shape index (κ2) is 9.14. The fraction of sp³-hybridized carbons (Fsp3) is 0.136. The number of hydrogen-bond donors (Lipinski definition) is 5. The topological polar surface area (TPSA) is 140 Å². The summed E-state index contributed by atoms with van der Waals surface area (Å²) in [5.74, 6) is -0.713. The minimum absolute atomic E-state index is 0.143. The Balaban J connectivity index is 1.70. The van der Waals surface area contributed by atoms with Crippen molar-refractivity contribution in [1.29, 1.82) is 0 Å². The van der Waals surface area contributed by atoms with E-state index in [4.69, 9.17) is 9.79 Å². The molecule has 2 aromatic heterocycles. The molecule has 0 aliphatic rings. The van der Waals surface area contributed by atoms with Gasteiger partial charge in [0.05, 0.1) is 22.8 Å². The van der Waals surface area contributed by atoms with Crippen molar-refractivity contribution in [3.8, 4) is 0 Å². The lowest BCUT2D eigenvalue weighted by atomic mass is 10.1. The average Bonchev–Trinajstić information content (AvgIpc) is 2.76. The average molecular weight is 505 g/mol. The SMILES string of the molecule is Cc1c[nH]c2cccc(Nc3nc(Nc4ccc(CP(=O)(O)O)cc4)ncc3C(F)(F)F)c2c1=O. The van der Waals surface area contributed by atoms with Gasteiger partial charge in [-0.3, -0.25) is 9.36 Å². The number of aromatic amines is 1. The van der Waals surface area contributed by atoms with Crippen molar-refractivity contribution >= 4 is 41.6 Å². The van der Waals surface area contributed by atoms with Crippen molar-refractivity contribution < 1.29 is 27.5 Å². The van der Waals surface area contributed by atoms with E-state index in [1.165, 1.54) is 36.5 Å². The Bertz CT molecular complexity index is 1500. The zero-order valence-corrected chi connectivity index (χ0v) is 19.0. The standard InChI is InChI=1S/C22H19F3N5O4P/c1-12-9-26-16-3-2-4-17(18(16)19(12)31)29-20-15(22(23,24)25)10-27-21(30-20)28-14-7-5-13(6-8-14)11-35(32,33)34/h2-10H,11H2,1H3,(H,26,31)(H2,32,33,34)(H2,27,28,29,30). The summed E-state index contributed by atoms with van der Waals surface area (Å²) in [6.45, 7) is 1.59. The molecule has 0 radical (unpaired) electrons. The first-order chi connectivity index (χ1) is 16.4. The van der Waals surface area contributed by atoms with Crippen LogP contribution >= 0.6 is 7.60 Å². The van der Waals surface area contributed by atoms with Crippen LogP contribution in [0.2, 0.25) is 0 Å². The van der Waals surface area contributed by atoms with Gasteiger partial charge in [0.2, 0.25) is 5.95 Å². The molecule has 0 bridgehead atoms. The molecule has 2 aromatic carbocycles. The number of rotatable bonds is 6. The first-order valence-corrected chi connectivity index (χ1v) is 11.9. The van der Waals surface area contributed by atoms with E-state index < -0.39 is 31.3 Å². The molecule has 0 saturated carbocycles. The van der Waals surface area contributed by atoms with Gasteiger partial charge in [0.1, 0.15) is 11.4 Å². The predicted molar refractivity (Wildman–Crippen MR) is 125 cm³/mol. The lowest BCUT2D eigenvalue weighted by Crippen LogP contribution is -2.14. The molecule has 0 aliphatic carbocycles. The molecular weight excluding hydrogens is 486 g/mol. The molecule has 35 heavy (non-hydrogen) atoms. The van der Waals surface area contributed by atoms with Crippen molar-refractivity contribution in [2.75, 3.05) is 10.6 Å². The van der Waals surface area contributed by atoms with Crippen LogP contribution in [0.1, 0.15) is 16.7 Å². The van der Waals surface area contributed by atoms with E-state index in [1.54, 1.807) is 19.1 Å². The van der Waals surface area contributed by atoms with Crippen molar-refractivity contribution in [1.82, 2.24) is 15.0 Å². The monoisotopic (exact) mass is 505 g/mol. The third kappa shape index (κ3) is 5.68. The van der Waals surface area contributed by atoms with Gasteiger partial charge in [-0.25, -0.2) is 4.98 Å². The van der Waals surface area contributed by atoms with Crippen LogP contribution in [0.3, 0.4) is 0 Å². The summed E-state index contributed by atoms with van der Waals surface area (Å²) < 4.78 is 52.2. The number of benzene rings is 2. The lowest BCUT2D eigenvalue weighted by molar-refractivity contribution is -0.137. The summed E-state index contributed by atoms with van der Waals surface area (Å²) in [5.41, 5.74) is 0.305. The normalized spacial score (nSPS) is 12.1. The van der Waals surface area contributed by atoms with Crippen molar-refractivity contribution in [3.63, 3.8) is 0 Å². The molecule has 0 aliphatic heterocycles. The van der Waals surface area contributed by atoms with Crippen molar-refractivity contribution in [2.24, 2.45) is 0 Å². The van der Waals surface area contributed by atoms with E-state index >= 15 is 0 Å². The Morgan fingerprint density at radius 1 is 1.09 bits per heavy atom. The van der Waals surface area contributed by atoms with E-state index in [9.17, 15) is 22.5 Å². The van der Waals surface area contributed by atoms with Gasteiger partial charge in [-0.1, -0.05) is 18.2 Å². The molecule has 4 rings (SSSR count). The highest BCUT2D eigenvalue weighted by molar-refractivity contribution is 7.50. The molecule has 0 amide bonds. The molecule has 0 saturated heterocycles. The van der Waals surface area contributed by atoms with E-state index in [1.807, 2.05) is 0 Å². The number of halogens is 3. The summed E-state index contributed by atoms with van der Waals surface area (Å²) in [6.07, 6.45) is -3.06. The number of fused-ring (bicyclic) bond motifs is 1. The van der Waals surface area contributed by atoms with E-state index in [0.717, 1.165) is 0 Å². The van der Waals surface area contributed by atoms with Crippen LogP contribution in [0.25, 0.3) is 10.9 Å². The second-order valence-electron chi connectivity index (χ2n) is 7.75. The summed E-state index contributed by atoms with van der Waals surface area (Å²) in [4.78, 5) is 41.5. The molecule has 0 spiro atoms. The largest absolute Gasteiger partial charge is 0.421 e. The van der Waals surface area contributed by atoms with Gasteiger partial charge in [-0.05, 0) is 36.8 Å². The maximum absolute atomic E-state index is 13.7. The second-order valence-corrected chi connectivity index (χ2v) is 9.40. The summed E-state index contributed by atoms with van der Waals surface area (Å²) in [6, 6.07) is 10.6. The third-order valence-corrected chi connectivity index (χ3v) is 5.82. The van der Waals surface area contributed by atoms with Gasteiger partial charge in [0.25, 0.3) is 0 Å². The van der Waals surface area contributed by atoms with Gasteiger partial charge >= 0.3 is 13.8 Å². The minimum atomic E-state index is -4.77. The first-order valence-electron chi connectivity index (χ1n) is 10.1. The number of anilines is 4. The zero-order valence-electron chi connectivity index (χ0n) is 18.1. The fourth-order valence-corrected chi connectivity index (χ4v) is 4.09. The third-order valence-electron chi connectivity index (χ3n) is 5.04. The number of hydrogen-bond acceptors (Lipinski definition) is 6. The smallest absolute Gasteiger partial charge is 0.361 e. The number of alkyl halides is 3. The lowest BCUT2D eigenvalue weighted by Gasteiger charge is -2.16. The van der Waals surface area contributed by atoms with Crippen LogP contribution in [0, 0.1) is 6.92 Å². The highest BCUT2D eigenvalue weighted by Gasteiger charge is 2.35. The molecule has 0 fully saturated rings. The summed E-state index contributed by atoms with van der Waals surface area (Å²) in [5, 5.41) is 5.59. The zero-order chi connectivity index (χ0) is 25.4. The van der Waals surface area contributed by atoms with Crippen molar-refractivity contribution in [2.45, 2.75) is 19.3 Å². The van der Waals surface area contributed by atoms with Gasteiger partial charge in [-0.2, -0.15) is 18.2 Å². The molecule has 2 heterocycles. The number of aromatic nitrogens is 3. The Morgan fingerprint density at radius 2 is 1.80 bits per heavy atom. The molecule has 9 nitrogen and oxygen atoms in total. The van der Waals surface area contributed by atoms with E-state index in [0.29, 0.717) is 28.5 Å². The van der Waals surface area contributed by atoms with E-state index in [2.05, 4.69) is 25.6 Å². The van der Waals surface area contributed by atoms with Gasteiger partial charge in [-0.15, -0.1) is 0 Å². The fourth-order valence-electron chi connectivity index (χ4n) is 3.40. The van der Waals surface area contributed by atoms with Crippen LogP contribution in [-0.2, 0) is 16.9 Å². The molecule has 0 unspecified atom stereocenters. The Hall–Kier alpha value is -3.73. The maximum atomic E-state index is 13.7. The number of aryl methyl sites for hydroxylation is 1. The van der Waals surface area contributed by atoms with Crippen LogP contribution in [0.4, 0.5) is 36.3 Å². The maximum Gasteiger partial charge on any atom is 0.421 e. The molecule has 4 aromatic rings.